The summed E-state index contributed by atoms with van der Waals surface area (Å²) in [5.74, 6) is 6.50. The predicted molar refractivity (Wildman–Crippen MR) is 99.3 cm³/mol. The van der Waals surface area contributed by atoms with Gasteiger partial charge in [-0.1, -0.05) is 32.5 Å². The topological polar surface area (TPSA) is 103 Å². The lowest BCUT2D eigenvalue weighted by atomic mass is 9.96. The van der Waals surface area contributed by atoms with Crippen molar-refractivity contribution in [1.29, 1.82) is 0 Å². The molecule has 0 fully saturated rings. The summed E-state index contributed by atoms with van der Waals surface area (Å²) in [7, 11) is 0. The van der Waals surface area contributed by atoms with E-state index in [0.29, 0.717) is 22.2 Å². The monoisotopic (exact) mass is 361 g/mol. The van der Waals surface area contributed by atoms with Crippen LogP contribution in [0.3, 0.4) is 0 Å². The summed E-state index contributed by atoms with van der Waals surface area (Å²) in [6, 6.07) is 6.77. The van der Waals surface area contributed by atoms with Crippen molar-refractivity contribution in [2.24, 2.45) is 0 Å². The summed E-state index contributed by atoms with van der Waals surface area (Å²) in [6.45, 7) is 9.26. The molecule has 0 spiro atoms. The maximum absolute atomic E-state index is 12.4. The van der Waals surface area contributed by atoms with E-state index in [1.807, 2.05) is 20.8 Å². The number of nitrogens with two attached hydrogens (primary N) is 1. The second kappa shape index (κ2) is 7.26. The number of Topliss-reactive ketones (excluding diaryl/α,β-unsaturated/α-hetero) is 1. The summed E-state index contributed by atoms with van der Waals surface area (Å²) in [6.07, 6.45) is 0. The molecule has 0 aliphatic carbocycles. The number of nitrogen functional groups attached to an aromatic ring is 1. The SMILES string of the molecule is CC(=O)c1ccc(NC(=O)C(C)Sc2nnc(C(C)(C)C)n2N)cc1. The highest BCUT2D eigenvalue weighted by Gasteiger charge is 2.25. The summed E-state index contributed by atoms with van der Waals surface area (Å²) in [5, 5.41) is 11.1. The number of carbonyl (C=O) groups excluding carboxylic acids is 2. The highest BCUT2D eigenvalue weighted by Crippen LogP contribution is 2.26. The Balaban J connectivity index is 2.03. The number of thioether (sulfide) groups is 1. The van der Waals surface area contributed by atoms with Gasteiger partial charge in [0, 0.05) is 16.7 Å². The second-order valence-electron chi connectivity index (χ2n) is 6.81. The van der Waals surface area contributed by atoms with E-state index in [-0.39, 0.29) is 17.1 Å². The Morgan fingerprint density at radius 3 is 2.28 bits per heavy atom. The Bertz CT molecular complexity index is 777. The van der Waals surface area contributed by atoms with Gasteiger partial charge >= 0.3 is 0 Å². The fourth-order valence-corrected chi connectivity index (χ4v) is 2.88. The van der Waals surface area contributed by atoms with Gasteiger partial charge in [0.05, 0.1) is 5.25 Å². The maximum Gasteiger partial charge on any atom is 0.237 e. The van der Waals surface area contributed by atoms with Crippen LogP contribution in [0.25, 0.3) is 0 Å². The number of ketones is 1. The van der Waals surface area contributed by atoms with Gasteiger partial charge in [0.25, 0.3) is 0 Å². The van der Waals surface area contributed by atoms with Crippen molar-refractivity contribution in [3.05, 3.63) is 35.7 Å². The van der Waals surface area contributed by atoms with Crippen LogP contribution in [0.4, 0.5) is 5.69 Å². The number of nitrogens with one attached hydrogen (secondary N) is 1. The van der Waals surface area contributed by atoms with Gasteiger partial charge in [-0.15, -0.1) is 10.2 Å². The number of hydrogen-bond donors (Lipinski definition) is 2. The predicted octanol–water partition coefficient (Wildman–Crippen LogP) is 2.61. The van der Waals surface area contributed by atoms with E-state index in [4.69, 9.17) is 5.84 Å². The first-order chi connectivity index (χ1) is 11.6. The number of amides is 1. The van der Waals surface area contributed by atoms with E-state index in [0.717, 1.165) is 0 Å². The molecule has 0 radical (unpaired) electrons. The molecule has 1 amide bonds. The van der Waals surface area contributed by atoms with Crippen LogP contribution >= 0.6 is 11.8 Å². The molecule has 1 atom stereocenters. The standard InChI is InChI=1S/C17H23N5O2S/c1-10(23)12-6-8-13(9-7-12)19-14(24)11(2)25-16-21-20-15(22(16)18)17(3,4)5/h6-9,11H,18H2,1-5H3,(H,19,24). The third kappa shape index (κ3) is 4.60. The Hall–Kier alpha value is -2.35. The smallest absolute Gasteiger partial charge is 0.237 e. The lowest BCUT2D eigenvalue weighted by Gasteiger charge is -2.17. The zero-order valence-electron chi connectivity index (χ0n) is 15.0. The zero-order chi connectivity index (χ0) is 18.8. The van der Waals surface area contributed by atoms with Crippen LogP contribution in [0.1, 0.15) is 50.8 Å². The van der Waals surface area contributed by atoms with Crippen molar-refractivity contribution in [1.82, 2.24) is 14.9 Å². The highest BCUT2D eigenvalue weighted by atomic mass is 32.2. The van der Waals surface area contributed by atoms with Crippen LogP contribution in [0.5, 0.6) is 0 Å². The average molecular weight is 361 g/mol. The zero-order valence-corrected chi connectivity index (χ0v) is 15.8. The summed E-state index contributed by atoms with van der Waals surface area (Å²) < 4.78 is 1.43. The molecule has 1 aromatic carbocycles. The Labute approximate surface area is 151 Å². The fourth-order valence-electron chi connectivity index (χ4n) is 2.11. The van der Waals surface area contributed by atoms with E-state index in [1.54, 1.807) is 31.2 Å². The molecule has 8 heteroatoms. The molecule has 3 N–H and O–H groups in total. The number of hydrogen-bond acceptors (Lipinski definition) is 6. The van der Waals surface area contributed by atoms with Gasteiger partial charge in [-0.2, -0.15) is 0 Å². The Morgan fingerprint density at radius 2 is 1.80 bits per heavy atom. The molecule has 1 aromatic heterocycles. The van der Waals surface area contributed by atoms with Gasteiger partial charge in [0.15, 0.2) is 11.6 Å². The molecular weight excluding hydrogens is 338 g/mol. The number of benzene rings is 1. The lowest BCUT2D eigenvalue weighted by molar-refractivity contribution is -0.115. The van der Waals surface area contributed by atoms with Crippen LogP contribution in [-0.4, -0.2) is 31.8 Å². The van der Waals surface area contributed by atoms with E-state index in [9.17, 15) is 9.59 Å². The first-order valence-electron chi connectivity index (χ1n) is 7.89. The van der Waals surface area contributed by atoms with Crippen LogP contribution in [0, 0.1) is 0 Å². The maximum atomic E-state index is 12.4. The minimum atomic E-state index is -0.410. The van der Waals surface area contributed by atoms with Crippen molar-refractivity contribution in [3.63, 3.8) is 0 Å². The number of nitrogens with zero attached hydrogens (tertiary/aromatic N) is 3. The van der Waals surface area contributed by atoms with Crippen LogP contribution in [-0.2, 0) is 10.2 Å². The van der Waals surface area contributed by atoms with Gasteiger partial charge in [-0.25, -0.2) is 4.68 Å². The van der Waals surface area contributed by atoms with Crippen molar-refractivity contribution < 1.29 is 9.59 Å². The number of carbonyl (C=O) groups is 2. The normalized spacial score (nSPS) is 12.7. The number of aromatic nitrogens is 3. The molecular formula is C17H23N5O2S. The third-order valence-corrected chi connectivity index (χ3v) is 4.60. The Morgan fingerprint density at radius 1 is 1.20 bits per heavy atom. The van der Waals surface area contributed by atoms with Crippen LogP contribution < -0.4 is 11.2 Å². The van der Waals surface area contributed by atoms with Crippen LogP contribution in [0.15, 0.2) is 29.4 Å². The van der Waals surface area contributed by atoms with E-state index in [2.05, 4.69) is 15.5 Å². The fraction of sp³-hybridized carbons (Fsp3) is 0.412. The van der Waals surface area contributed by atoms with Crippen molar-refractivity contribution in [2.75, 3.05) is 11.2 Å². The molecule has 0 saturated heterocycles. The van der Waals surface area contributed by atoms with E-state index >= 15 is 0 Å². The lowest BCUT2D eigenvalue weighted by Crippen LogP contribution is -2.26. The van der Waals surface area contributed by atoms with E-state index < -0.39 is 5.25 Å². The molecule has 2 aromatic rings. The Kier molecular flexibility index (Phi) is 5.52. The third-order valence-electron chi connectivity index (χ3n) is 3.55. The minimum Gasteiger partial charge on any atom is -0.336 e. The molecule has 0 aliphatic rings. The number of rotatable bonds is 5. The minimum absolute atomic E-state index is 0.0151. The first-order valence-corrected chi connectivity index (χ1v) is 8.77. The van der Waals surface area contributed by atoms with Crippen molar-refractivity contribution >= 4 is 29.1 Å². The van der Waals surface area contributed by atoms with Crippen molar-refractivity contribution in [3.8, 4) is 0 Å². The molecule has 25 heavy (non-hydrogen) atoms. The van der Waals surface area contributed by atoms with E-state index in [1.165, 1.54) is 23.4 Å². The summed E-state index contributed by atoms with van der Waals surface area (Å²) in [4.78, 5) is 23.6. The van der Waals surface area contributed by atoms with Gasteiger partial charge < -0.3 is 11.2 Å². The molecule has 1 unspecified atom stereocenters. The number of anilines is 1. The second-order valence-corrected chi connectivity index (χ2v) is 8.12. The molecule has 7 nitrogen and oxygen atoms in total. The molecule has 0 bridgehead atoms. The largest absolute Gasteiger partial charge is 0.336 e. The highest BCUT2D eigenvalue weighted by molar-refractivity contribution is 8.00. The molecule has 0 aliphatic heterocycles. The molecule has 0 saturated carbocycles. The van der Waals surface area contributed by atoms with Crippen LogP contribution in [0.2, 0.25) is 0 Å². The van der Waals surface area contributed by atoms with Gasteiger partial charge in [0.1, 0.15) is 0 Å². The van der Waals surface area contributed by atoms with Crippen molar-refractivity contribution in [2.45, 2.75) is 50.4 Å². The van der Waals surface area contributed by atoms with Gasteiger partial charge in [-0.3, -0.25) is 9.59 Å². The average Bonchev–Trinajstić information content (AvgIpc) is 2.88. The van der Waals surface area contributed by atoms with Gasteiger partial charge in [-0.05, 0) is 38.1 Å². The first kappa shape index (κ1) is 19.0. The summed E-state index contributed by atoms with van der Waals surface area (Å²) in [5.41, 5.74) is 1.00. The summed E-state index contributed by atoms with van der Waals surface area (Å²) >= 11 is 1.24. The quantitative estimate of drug-likeness (QED) is 0.482. The molecule has 1 heterocycles. The van der Waals surface area contributed by atoms with Gasteiger partial charge in [0.2, 0.25) is 11.1 Å². The molecule has 2 rings (SSSR count). The molecule has 134 valence electrons.